The van der Waals surface area contributed by atoms with Crippen LogP contribution in [0.25, 0.3) is 0 Å². The second-order valence-electron chi connectivity index (χ2n) is 4.44. The number of aromatic nitrogens is 2. The van der Waals surface area contributed by atoms with Crippen molar-refractivity contribution in [2.45, 2.75) is 0 Å². The molecule has 2 aromatic rings. The fourth-order valence-corrected chi connectivity index (χ4v) is 1.86. The third-order valence-electron chi connectivity index (χ3n) is 2.93. The number of carbonyl (C=O) groups excluding carboxylic acids is 1. The van der Waals surface area contributed by atoms with E-state index in [0.29, 0.717) is 0 Å². The van der Waals surface area contributed by atoms with Crippen LogP contribution < -0.4 is 5.32 Å². The molecule has 9 nitrogen and oxygen atoms in total. The molecule has 0 aliphatic rings. The van der Waals surface area contributed by atoms with Crippen LogP contribution in [0.2, 0.25) is 0 Å². The number of carbonyl (C=O) groups is 2. The van der Waals surface area contributed by atoms with Gasteiger partial charge < -0.3 is 19.6 Å². The molecule has 0 spiro atoms. The summed E-state index contributed by atoms with van der Waals surface area (Å²) in [7, 11) is 3.06. The zero-order valence-electron chi connectivity index (χ0n) is 11.2. The van der Waals surface area contributed by atoms with Crippen LogP contribution in [0.3, 0.4) is 0 Å². The minimum atomic E-state index is -1.15. The first-order valence-electron chi connectivity index (χ1n) is 5.81. The number of aromatic carboxylic acids is 1. The number of nitrogens with zero attached hydrogens (tertiary/aromatic N) is 3. The molecule has 21 heavy (non-hydrogen) atoms. The van der Waals surface area contributed by atoms with Gasteiger partial charge >= 0.3 is 5.97 Å². The molecular formula is C12H12N4O5. The second-order valence-corrected chi connectivity index (χ2v) is 4.44. The van der Waals surface area contributed by atoms with E-state index in [1.165, 1.54) is 40.7 Å². The zero-order chi connectivity index (χ0) is 15.7. The minimum absolute atomic E-state index is 0.0296. The Morgan fingerprint density at radius 1 is 1.24 bits per heavy atom. The van der Waals surface area contributed by atoms with E-state index < -0.39 is 16.8 Å². The molecule has 1 amide bonds. The molecule has 9 heteroatoms. The lowest BCUT2D eigenvalue weighted by molar-refractivity contribution is -0.384. The molecule has 0 aliphatic heterocycles. The number of nitrogens with one attached hydrogen (secondary N) is 1. The zero-order valence-corrected chi connectivity index (χ0v) is 11.2. The van der Waals surface area contributed by atoms with Crippen LogP contribution in [-0.2, 0) is 14.1 Å². The Kier molecular flexibility index (Phi) is 3.49. The van der Waals surface area contributed by atoms with Gasteiger partial charge in [-0.05, 0) is 6.07 Å². The summed E-state index contributed by atoms with van der Waals surface area (Å²) in [5.41, 5.74) is -0.0242. The highest BCUT2D eigenvalue weighted by molar-refractivity contribution is 6.05. The van der Waals surface area contributed by atoms with Crippen molar-refractivity contribution in [2.24, 2.45) is 14.1 Å². The number of amides is 1. The van der Waals surface area contributed by atoms with Crippen molar-refractivity contribution in [2.75, 3.05) is 5.32 Å². The van der Waals surface area contributed by atoms with E-state index in [1.807, 2.05) is 0 Å². The molecule has 0 radical (unpaired) electrons. The van der Waals surface area contributed by atoms with E-state index in [4.69, 9.17) is 5.11 Å². The molecule has 2 aromatic heterocycles. The first-order valence-corrected chi connectivity index (χ1v) is 5.81. The maximum atomic E-state index is 12.0. The summed E-state index contributed by atoms with van der Waals surface area (Å²) in [6.45, 7) is 0. The third kappa shape index (κ3) is 2.76. The van der Waals surface area contributed by atoms with E-state index in [2.05, 4.69) is 5.32 Å². The SMILES string of the molecule is Cn1cc([N+](=O)[O-])cc1NC(=O)c1cc(C(=O)O)n(C)c1. The topological polar surface area (TPSA) is 119 Å². The number of anilines is 1. The van der Waals surface area contributed by atoms with Crippen LogP contribution in [0.5, 0.6) is 0 Å². The predicted octanol–water partition coefficient (Wildman–Crippen LogP) is 1.22. The van der Waals surface area contributed by atoms with E-state index in [9.17, 15) is 19.7 Å². The molecule has 2 N–H and O–H groups in total. The highest BCUT2D eigenvalue weighted by Gasteiger charge is 2.18. The summed E-state index contributed by atoms with van der Waals surface area (Å²) in [4.78, 5) is 33.0. The fraction of sp³-hybridized carbons (Fsp3) is 0.167. The molecule has 0 bridgehead atoms. The van der Waals surface area contributed by atoms with Crippen molar-refractivity contribution < 1.29 is 19.6 Å². The first-order chi connectivity index (χ1) is 9.79. The molecule has 0 unspecified atom stereocenters. The molecule has 0 saturated carbocycles. The molecule has 110 valence electrons. The van der Waals surface area contributed by atoms with Crippen LogP contribution in [0.4, 0.5) is 11.5 Å². The molecule has 2 heterocycles. The number of carboxylic acid groups (broad SMARTS) is 1. The Morgan fingerprint density at radius 3 is 2.38 bits per heavy atom. The number of hydrogen-bond acceptors (Lipinski definition) is 4. The van der Waals surface area contributed by atoms with Crippen LogP contribution in [-0.4, -0.2) is 31.0 Å². The van der Waals surface area contributed by atoms with Gasteiger partial charge in [-0.1, -0.05) is 0 Å². The monoisotopic (exact) mass is 292 g/mol. The molecule has 0 fully saturated rings. The lowest BCUT2D eigenvalue weighted by Gasteiger charge is -2.03. The molecule has 0 saturated heterocycles. The Morgan fingerprint density at radius 2 is 1.90 bits per heavy atom. The van der Waals surface area contributed by atoms with Crippen molar-refractivity contribution in [3.8, 4) is 0 Å². The first kappa shape index (κ1) is 14.3. The number of rotatable bonds is 4. The summed E-state index contributed by atoms with van der Waals surface area (Å²) < 4.78 is 2.71. The Labute approximate surface area is 118 Å². The highest BCUT2D eigenvalue weighted by Crippen LogP contribution is 2.20. The van der Waals surface area contributed by atoms with Crippen LogP contribution in [0.15, 0.2) is 24.5 Å². The van der Waals surface area contributed by atoms with Gasteiger partial charge in [0.15, 0.2) is 0 Å². The van der Waals surface area contributed by atoms with Crippen molar-refractivity contribution >= 4 is 23.4 Å². The molecule has 0 aromatic carbocycles. The summed E-state index contributed by atoms with van der Waals surface area (Å²) >= 11 is 0. The average molecular weight is 292 g/mol. The standard InChI is InChI=1S/C12H12N4O5/c1-14-5-7(3-9(14)12(18)19)11(17)13-10-4-8(16(20)21)6-15(10)2/h3-6H,1-2H3,(H,13,17)(H,18,19). The van der Waals surface area contributed by atoms with Gasteiger partial charge in [-0.25, -0.2) is 4.79 Å². The van der Waals surface area contributed by atoms with E-state index in [1.54, 1.807) is 7.05 Å². The van der Waals surface area contributed by atoms with Gasteiger partial charge in [0, 0.05) is 20.3 Å². The van der Waals surface area contributed by atoms with Crippen molar-refractivity contribution in [1.29, 1.82) is 0 Å². The lowest BCUT2D eigenvalue weighted by atomic mass is 10.3. The summed E-state index contributed by atoms with van der Waals surface area (Å²) in [5.74, 6) is -1.45. The van der Waals surface area contributed by atoms with Gasteiger partial charge in [-0.3, -0.25) is 14.9 Å². The highest BCUT2D eigenvalue weighted by atomic mass is 16.6. The molecule has 0 aliphatic carbocycles. The lowest BCUT2D eigenvalue weighted by Crippen LogP contribution is -2.13. The molecule has 2 rings (SSSR count). The largest absolute Gasteiger partial charge is 0.477 e. The van der Waals surface area contributed by atoms with Gasteiger partial charge in [0.25, 0.3) is 11.6 Å². The maximum absolute atomic E-state index is 12.0. The fourth-order valence-electron chi connectivity index (χ4n) is 1.86. The summed E-state index contributed by atoms with van der Waals surface area (Å²) in [6, 6.07) is 2.45. The van der Waals surface area contributed by atoms with Gasteiger partial charge in [0.05, 0.1) is 22.7 Å². The Hall–Kier alpha value is -3.10. The van der Waals surface area contributed by atoms with Gasteiger partial charge in [0.2, 0.25) is 0 Å². The second kappa shape index (κ2) is 5.12. The van der Waals surface area contributed by atoms with E-state index >= 15 is 0 Å². The minimum Gasteiger partial charge on any atom is -0.477 e. The van der Waals surface area contributed by atoms with E-state index in [-0.39, 0.29) is 22.8 Å². The molecule has 0 atom stereocenters. The summed E-state index contributed by atoms with van der Waals surface area (Å²) in [6.07, 6.45) is 2.64. The Balaban J connectivity index is 2.24. The molecular weight excluding hydrogens is 280 g/mol. The quantitative estimate of drug-likeness (QED) is 0.648. The van der Waals surface area contributed by atoms with Gasteiger partial charge in [-0.2, -0.15) is 0 Å². The van der Waals surface area contributed by atoms with E-state index in [0.717, 1.165) is 0 Å². The number of nitro groups is 1. The number of aryl methyl sites for hydroxylation is 2. The Bertz CT molecular complexity index is 743. The normalized spacial score (nSPS) is 10.4. The van der Waals surface area contributed by atoms with Gasteiger partial charge in [0.1, 0.15) is 11.5 Å². The van der Waals surface area contributed by atoms with Crippen molar-refractivity contribution in [1.82, 2.24) is 9.13 Å². The van der Waals surface area contributed by atoms with Crippen LogP contribution in [0.1, 0.15) is 20.8 Å². The van der Waals surface area contributed by atoms with Crippen molar-refractivity contribution in [3.05, 3.63) is 45.9 Å². The summed E-state index contributed by atoms with van der Waals surface area (Å²) in [5, 5.41) is 22.1. The van der Waals surface area contributed by atoms with Crippen LogP contribution in [0, 0.1) is 10.1 Å². The predicted molar refractivity (Wildman–Crippen MR) is 72.4 cm³/mol. The van der Waals surface area contributed by atoms with Gasteiger partial charge in [-0.15, -0.1) is 0 Å². The number of carboxylic acids is 1. The average Bonchev–Trinajstić information content (AvgIpc) is 2.94. The third-order valence-corrected chi connectivity index (χ3v) is 2.93. The smallest absolute Gasteiger partial charge is 0.352 e. The van der Waals surface area contributed by atoms with Crippen LogP contribution >= 0.6 is 0 Å². The van der Waals surface area contributed by atoms with Crippen molar-refractivity contribution in [3.63, 3.8) is 0 Å². The maximum Gasteiger partial charge on any atom is 0.352 e. The number of hydrogen-bond donors (Lipinski definition) is 2.